The summed E-state index contributed by atoms with van der Waals surface area (Å²) < 4.78 is 5.05. The number of carbonyl (C=O) groups is 2. The molecular weight excluding hydrogens is 418 g/mol. The summed E-state index contributed by atoms with van der Waals surface area (Å²) in [5, 5.41) is 4.45. The lowest BCUT2D eigenvalue weighted by atomic mass is 10.0. The van der Waals surface area contributed by atoms with Crippen LogP contribution in [0.25, 0.3) is 0 Å². The quantitative estimate of drug-likeness (QED) is 0.547. The van der Waals surface area contributed by atoms with Crippen molar-refractivity contribution in [3.63, 3.8) is 0 Å². The van der Waals surface area contributed by atoms with E-state index >= 15 is 0 Å². The Morgan fingerprint density at radius 1 is 0.939 bits per heavy atom. The lowest BCUT2D eigenvalue weighted by Gasteiger charge is -2.39. The van der Waals surface area contributed by atoms with Crippen LogP contribution in [-0.4, -0.2) is 48.2 Å². The summed E-state index contributed by atoms with van der Waals surface area (Å²) in [6, 6.07) is 20.2. The predicted octanol–water partition coefficient (Wildman–Crippen LogP) is 4.40. The van der Waals surface area contributed by atoms with Gasteiger partial charge in [0.1, 0.15) is 0 Å². The van der Waals surface area contributed by atoms with Crippen molar-refractivity contribution in [2.45, 2.75) is 18.9 Å². The number of para-hydroxylation sites is 2. The molecule has 0 bridgehead atoms. The van der Waals surface area contributed by atoms with E-state index < -0.39 is 6.09 Å². The van der Waals surface area contributed by atoms with Crippen LogP contribution in [0, 0.1) is 0 Å². The number of nitrogens with one attached hydrogen (secondary N) is 2. The number of hydrogen-bond donors (Lipinski definition) is 2. The van der Waals surface area contributed by atoms with Crippen LogP contribution < -0.4 is 15.6 Å². The van der Waals surface area contributed by atoms with Crippen molar-refractivity contribution < 1.29 is 14.3 Å². The van der Waals surface area contributed by atoms with Gasteiger partial charge in [0.2, 0.25) is 0 Å². The van der Waals surface area contributed by atoms with Gasteiger partial charge in [-0.1, -0.05) is 30.3 Å². The maximum absolute atomic E-state index is 12.7. The zero-order chi connectivity index (χ0) is 23.0. The first-order chi connectivity index (χ1) is 16.2. The summed E-state index contributed by atoms with van der Waals surface area (Å²) in [6.07, 6.45) is 4.63. The Labute approximate surface area is 193 Å². The van der Waals surface area contributed by atoms with Gasteiger partial charge in [-0.15, -0.1) is 0 Å². The molecule has 1 aliphatic rings. The topological polar surface area (TPSA) is 86.8 Å². The highest BCUT2D eigenvalue weighted by Gasteiger charge is 2.29. The van der Waals surface area contributed by atoms with Crippen LogP contribution in [0.5, 0.6) is 0 Å². The Morgan fingerprint density at radius 3 is 2.24 bits per heavy atom. The second-order valence-electron chi connectivity index (χ2n) is 7.74. The number of ether oxygens (including phenoxy) is 1. The molecule has 2 heterocycles. The van der Waals surface area contributed by atoms with E-state index in [-0.39, 0.29) is 11.9 Å². The molecule has 0 saturated carbocycles. The Balaban J connectivity index is 1.47. The number of pyridine rings is 1. The van der Waals surface area contributed by atoms with Gasteiger partial charge < -0.3 is 15.0 Å². The minimum absolute atomic E-state index is 0.0616. The van der Waals surface area contributed by atoms with Crippen LogP contribution in [-0.2, 0) is 4.74 Å². The average molecular weight is 446 g/mol. The van der Waals surface area contributed by atoms with Crippen molar-refractivity contribution in [3.8, 4) is 0 Å². The van der Waals surface area contributed by atoms with E-state index in [0.29, 0.717) is 16.9 Å². The number of aromatic nitrogens is 1. The molecule has 8 nitrogen and oxygen atoms in total. The molecule has 8 heteroatoms. The van der Waals surface area contributed by atoms with Gasteiger partial charge in [-0.05, 0) is 49.2 Å². The van der Waals surface area contributed by atoms with Crippen molar-refractivity contribution in [3.05, 3.63) is 84.7 Å². The molecule has 0 atom stereocenters. The van der Waals surface area contributed by atoms with Gasteiger partial charge in [0, 0.05) is 36.7 Å². The summed E-state index contributed by atoms with van der Waals surface area (Å²) >= 11 is 0. The third-order valence-electron chi connectivity index (χ3n) is 5.68. The van der Waals surface area contributed by atoms with Crippen LogP contribution in [0.1, 0.15) is 23.2 Å². The van der Waals surface area contributed by atoms with Crippen molar-refractivity contribution in [2.24, 2.45) is 0 Å². The zero-order valence-corrected chi connectivity index (χ0v) is 18.5. The number of nitrogens with zero attached hydrogens (tertiary/aromatic N) is 3. The highest BCUT2D eigenvalue weighted by atomic mass is 16.5. The van der Waals surface area contributed by atoms with Gasteiger partial charge >= 0.3 is 6.09 Å². The molecule has 0 unspecified atom stereocenters. The van der Waals surface area contributed by atoms with E-state index in [1.54, 1.807) is 30.6 Å². The predicted molar refractivity (Wildman–Crippen MR) is 128 cm³/mol. The van der Waals surface area contributed by atoms with Crippen LogP contribution >= 0.6 is 0 Å². The molecular formula is C25H27N5O3. The largest absolute Gasteiger partial charge is 0.452 e. The molecule has 170 valence electrons. The lowest BCUT2D eigenvalue weighted by Crippen LogP contribution is -2.50. The molecule has 1 aliphatic heterocycles. The summed E-state index contributed by atoms with van der Waals surface area (Å²) in [4.78, 5) is 31.7. The van der Waals surface area contributed by atoms with E-state index in [1.165, 1.54) is 12.1 Å². The molecule has 2 N–H and O–H groups in total. The van der Waals surface area contributed by atoms with Gasteiger partial charge in [0.25, 0.3) is 5.91 Å². The monoisotopic (exact) mass is 445 g/mol. The summed E-state index contributed by atoms with van der Waals surface area (Å²) in [5.74, 6) is -0.222. The fraction of sp³-hybridized carbons (Fsp3) is 0.240. The number of rotatable bonds is 6. The van der Waals surface area contributed by atoms with Crippen molar-refractivity contribution in [2.75, 3.05) is 35.8 Å². The molecule has 0 radical (unpaired) electrons. The van der Waals surface area contributed by atoms with Gasteiger partial charge in [0.05, 0.1) is 24.5 Å². The maximum atomic E-state index is 12.7. The van der Waals surface area contributed by atoms with Gasteiger partial charge in [-0.2, -0.15) is 0 Å². The smallest absolute Gasteiger partial charge is 0.428 e. The SMILES string of the molecule is COC(=O)N(Nc1ccccc1NC(=O)c1ccccc1)C1CCN(c2ccncc2)CC1. The van der Waals surface area contributed by atoms with Crippen LogP contribution in [0.2, 0.25) is 0 Å². The molecule has 2 aromatic carbocycles. The molecule has 0 spiro atoms. The number of hydrogen-bond acceptors (Lipinski definition) is 6. The van der Waals surface area contributed by atoms with Gasteiger partial charge in [-0.25, -0.2) is 9.80 Å². The van der Waals surface area contributed by atoms with Crippen molar-refractivity contribution in [1.82, 2.24) is 9.99 Å². The van der Waals surface area contributed by atoms with Crippen LogP contribution in [0.3, 0.4) is 0 Å². The number of anilines is 3. The Morgan fingerprint density at radius 2 is 1.58 bits per heavy atom. The Hall–Kier alpha value is -4.07. The lowest BCUT2D eigenvalue weighted by molar-refractivity contribution is 0.102. The van der Waals surface area contributed by atoms with Crippen molar-refractivity contribution >= 4 is 29.1 Å². The second-order valence-corrected chi connectivity index (χ2v) is 7.74. The number of piperidine rings is 1. The third-order valence-corrected chi connectivity index (χ3v) is 5.68. The Bertz CT molecular complexity index is 1070. The average Bonchev–Trinajstić information content (AvgIpc) is 2.89. The highest BCUT2D eigenvalue weighted by Crippen LogP contribution is 2.27. The first kappa shape index (κ1) is 22.1. The third kappa shape index (κ3) is 5.41. The minimum Gasteiger partial charge on any atom is -0.452 e. The highest BCUT2D eigenvalue weighted by molar-refractivity contribution is 6.05. The summed E-state index contributed by atoms with van der Waals surface area (Å²) in [6.45, 7) is 1.60. The molecule has 3 aromatic rings. The van der Waals surface area contributed by atoms with E-state index in [2.05, 4.69) is 20.6 Å². The fourth-order valence-electron chi connectivity index (χ4n) is 3.92. The van der Waals surface area contributed by atoms with E-state index in [4.69, 9.17) is 4.74 Å². The van der Waals surface area contributed by atoms with E-state index in [1.807, 2.05) is 48.5 Å². The van der Waals surface area contributed by atoms with E-state index in [9.17, 15) is 9.59 Å². The molecule has 2 amide bonds. The van der Waals surface area contributed by atoms with Crippen LogP contribution in [0.4, 0.5) is 21.9 Å². The maximum Gasteiger partial charge on any atom is 0.428 e. The number of hydrazine groups is 1. The van der Waals surface area contributed by atoms with Gasteiger partial charge in [0.15, 0.2) is 0 Å². The first-order valence-corrected chi connectivity index (χ1v) is 10.9. The minimum atomic E-state index is -0.471. The standard InChI is InChI=1S/C25H27N5O3/c1-33-25(32)30(21-13-17-29(18-14-21)20-11-15-26-16-12-20)28-23-10-6-5-9-22(23)27-24(31)19-7-3-2-4-8-19/h2-12,15-16,21,28H,13-14,17-18H2,1H3,(H,27,31). The van der Waals surface area contributed by atoms with Crippen LogP contribution in [0.15, 0.2) is 79.1 Å². The normalized spacial score (nSPS) is 13.8. The van der Waals surface area contributed by atoms with Gasteiger partial charge in [-0.3, -0.25) is 15.2 Å². The zero-order valence-electron chi connectivity index (χ0n) is 18.5. The second kappa shape index (κ2) is 10.5. The first-order valence-electron chi connectivity index (χ1n) is 10.9. The summed E-state index contributed by atoms with van der Waals surface area (Å²) in [5.41, 5.74) is 6.06. The molecule has 4 rings (SSSR count). The van der Waals surface area contributed by atoms with Crippen molar-refractivity contribution in [1.29, 1.82) is 0 Å². The molecule has 1 fully saturated rings. The molecule has 0 aliphatic carbocycles. The number of amides is 2. The molecule has 33 heavy (non-hydrogen) atoms. The summed E-state index contributed by atoms with van der Waals surface area (Å²) in [7, 11) is 1.37. The Kier molecular flexibility index (Phi) is 7.04. The number of benzene rings is 2. The molecule has 1 saturated heterocycles. The van der Waals surface area contributed by atoms with E-state index in [0.717, 1.165) is 31.6 Å². The number of carbonyl (C=O) groups excluding carboxylic acids is 2. The number of methoxy groups -OCH3 is 1. The molecule has 1 aromatic heterocycles. The fourth-order valence-corrected chi connectivity index (χ4v) is 3.92.